The van der Waals surface area contributed by atoms with Crippen molar-refractivity contribution >= 4 is 34.2 Å². The van der Waals surface area contributed by atoms with Crippen molar-refractivity contribution in [1.82, 2.24) is 29.9 Å². The number of amides is 2. The summed E-state index contributed by atoms with van der Waals surface area (Å²) >= 11 is 6.41. The SMILES string of the molecule is CCN(CC)C(=O)Nc1ccc(Oc2ncnc3cc(OC(C)n4ccnn4)c(OC)cc23)cc1Cl. The molecule has 2 aromatic heterocycles. The Kier molecular flexibility index (Phi) is 7.69. The van der Waals surface area contributed by atoms with Crippen LogP contribution in [0.5, 0.6) is 23.1 Å². The zero-order chi connectivity index (χ0) is 25.7. The highest BCUT2D eigenvalue weighted by molar-refractivity contribution is 6.33. The number of hydrogen-bond donors (Lipinski definition) is 1. The standard InChI is InChI=1S/C24H26ClN7O4/c1-5-31(6-2)24(33)29-19-8-7-16(11-18(19)25)36-23-17-12-21(34-4)22(13-20(17)26-14-27-23)35-15(3)32-10-9-28-30-32/h7-15H,5-6H2,1-4H3,(H,29,33). The van der Waals surface area contributed by atoms with Crippen molar-refractivity contribution in [3.05, 3.63) is 54.1 Å². The number of nitrogens with one attached hydrogen (secondary N) is 1. The lowest BCUT2D eigenvalue weighted by molar-refractivity contribution is 0.131. The van der Waals surface area contributed by atoms with Gasteiger partial charge < -0.3 is 24.4 Å². The second kappa shape index (κ2) is 11.1. The Morgan fingerprint density at radius 2 is 1.97 bits per heavy atom. The average Bonchev–Trinajstić information content (AvgIpc) is 3.42. The Hall–Kier alpha value is -4.12. The van der Waals surface area contributed by atoms with Gasteiger partial charge in [-0.2, -0.15) is 0 Å². The number of anilines is 1. The van der Waals surface area contributed by atoms with E-state index < -0.39 is 6.23 Å². The molecule has 2 aromatic carbocycles. The number of nitrogens with zero attached hydrogens (tertiary/aromatic N) is 6. The molecule has 11 nitrogen and oxygen atoms in total. The van der Waals surface area contributed by atoms with Crippen LogP contribution in [-0.4, -0.2) is 56.1 Å². The number of carbonyl (C=O) groups is 1. The lowest BCUT2D eigenvalue weighted by atomic mass is 10.2. The Bertz CT molecular complexity index is 1350. The molecule has 188 valence electrons. The Morgan fingerprint density at radius 1 is 1.17 bits per heavy atom. The first-order valence-electron chi connectivity index (χ1n) is 11.3. The van der Waals surface area contributed by atoms with Crippen molar-refractivity contribution in [1.29, 1.82) is 0 Å². The van der Waals surface area contributed by atoms with E-state index in [2.05, 4.69) is 25.6 Å². The summed E-state index contributed by atoms with van der Waals surface area (Å²) in [5, 5.41) is 11.5. The van der Waals surface area contributed by atoms with Crippen LogP contribution < -0.4 is 19.5 Å². The minimum atomic E-state index is -0.417. The van der Waals surface area contributed by atoms with Crippen molar-refractivity contribution in [3.63, 3.8) is 0 Å². The lowest BCUT2D eigenvalue weighted by Crippen LogP contribution is -2.34. The molecule has 0 aliphatic carbocycles. The topological polar surface area (TPSA) is 117 Å². The fourth-order valence-electron chi connectivity index (χ4n) is 3.50. The molecule has 4 rings (SSSR count). The molecule has 4 aromatic rings. The maximum absolute atomic E-state index is 12.3. The smallest absolute Gasteiger partial charge is 0.321 e. The number of ether oxygens (including phenoxy) is 3. The van der Waals surface area contributed by atoms with Crippen LogP contribution in [0.4, 0.5) is 10.5 Å². The van der Waals surface area contributed by atoms with Gasteiger partial charge >= 0.3 is 6.03 Å². The summed E-state index contributed by atoms with van der Waals surface area (Å²) in [6.07, 6.45) is 4.26. The lowest BCUT2D eigenvalue weighted by Gasteiger charge is -2.20. The van der Waals surface area contributed by atoms with Crippen LogP contribution in [0.15, 0.2) is 49.1 Å². The molecular weight excluding hydrogens is 486 g/mol. The van der Waals surface area contributed by atoms with Gasteiger partial charge in [0.2, 0.25) is 5.88 Å². The highest BCUT2D eigenvalue weighted by Crippen LogP contribution is 2.38. The molecule has 0 saturated carbocycles. The maximum Gasteiger partial charge on any atom is 0.321 e. The monoisotopic (exact) mass is 511 g/mol. The van der Waals surface area contributed by atoms with Crippen molar-refractivity contribution in [2.45, 2.75) is 27.0 Å². The van der Waals surface area contributed by atoms with E-state index in [4.69, 9.17) is 25.8 Å². The van der Waals surface area contributed by atoms with Gasteiger partial charge in [-0.25, -0.2) is 19.4 Å². The second-order valence-corrected chi connectivity index (χ2v) is 8.05. The molecule has 0 bridgehead atoms. The Morgan fingerprint density at radius 3 is 2.64 bits per heavy atom. The fraction of sp³-hybridized carbons (Fsp3) is 0.292. The largest absolute Gasteiger partial charge is 0.493 e. The molecule has 0 fully saturated rings. The summed E-state index contributed by atoms with van der Waals surface area (Å²) < 4.78 is 19.2. The van der Waals surface area contributed by atoms with Gasteiger partial charge in [-0.1, -0.05) is 16.8 Å². The van der Waals surface area contributed by atoms with E-state index in [0.717, 1.165) is 0 Å². The minimum absolute atomic E-state index is 0.222. The summed E-state index contributed by atoms with van der Waals surface area (Å²) in [4.78, 5) is 22.6. The molecule has 2 amide bonds. The number of methoxy groups -OCH3 is 1. The van der Waals surface area contributed by atoms with Crippen molar-refractivity contribution in [2.75, 3.05) is 25.5 Å². The number of rotatable bonds is 9. The summed E-state index contributed by atoms with van der Waals surface area (Å²) in [5.41, 5.74) is 1.08. The quantitative estimate of drug-likeness (QED) is 0.328. The van der Waals surface area contributed by atoms with Gasteiger partial charge in [-0.15, -0.1) is 5.10 Å². The van der Waals surface area contributed by atoms with Gasteiger partial charge in [-0.05, 0) is 39.0 Å². The van der Waals surface area contributed by atoms with E-state index in [1.807, 2.05) is 20.8 Å². The molecule has 36 heavy (non-hydrogen) atoms. The number of hydrogen-bond acceptors (Lipinski definition) is 8. The highest BCUT2D eigenvalue weighted by Gasteiger charge is 2.17. The molecule has 2 heterocycles. The van der Waals surface area contributed by atoms with Crippen LogP contribution in [-0.2, 0) is 0 Å². The first-order valence-corrected chi connectivity index (χ1v) is 11.7. The van der Waals surface area contributed by atoms with Crippen molar-refractivity contribution in [2.24, 2.45) is 0 Å². The minimum Gasteiger partial charge on any atom is -0.493 e. The fourth-order valence-corrected chi connectivity index (χ4v) is 3.72. The van der Waals surface area contributed by atoms with Gasteiger partial charge in [0.25, 0.3) is 0 Å². The maximum atomic E-state index is 12.3. The average molecular weight is 512 g/mol. The first-order chi connectivity index (χ1) is 17.4. The third-order valence-electron chi connectivity index (χ3n) is 5.44. The summed E-state index contributed by atoms with van der Waals surface area (Å²) in [5.74, 6) is 1.71. The Balaban J connectivity index is 1.58. The zero-order valence-corrected chi connectivity index (χ0v) is 21.1. The summed E-state index contributed by atoms with van der Waals surface area (Å²) in [7, 11) is 1.55. The molecule has 12 heteroatoms. The second-order valence-electron chi connectivity index (χ2n) is 7.65. The number of aromatic nitrogens is 5. The van der Waals surface area contributed by atoms with Gasteiger partial charge in [0.1, 0.15) is 12.1 Å². The molecule has 1 unspecified atom stereocenters. The van der Waals surface area contributed by atoms with E-state index in [0.29, 0.717) is 57.8 Å². The molecule has 1 atom stereocenters. The van der Waals surface area contributed by atoms with Crippen molar-refractivity contribution < 1.29 is 19.0 Å². The molecule has 0 spiro atoms. The molecule has 0 radical (unpaired) electrons. The normalized spacial score (nSPS) is 11.7. The molecule has 0 saturated heterocycles. The number of carbonyl (C=O) groups excluding carboxylic acids is 1. The number of fused-ring (bicyclic) bond motifs is 1. The third-order valence-corrected chi connectivity index (χ3v) is 5.76. The van der Waals surface area contributed by atoms with E-state index in [9.17, 15) is 4.79 Å². The van der Waals surface area contributed by atoms with Gasteiger partial charge in [-0.3, -0.25) is 0 Å². The van der Waals surface area contributed by atoms with E-state index in [1.54, 1.807) is 59.4 Å². The van der Waals surface area contributed by atoms with Crippen LogP contribution in [0.3, 0.4) is 0 Å². The third kappa shape index (κ3) is 5.41. The highest BCUT2D eigenvalue weighted by atomic mass is 35.5. The van der Waals surface area contributed by atoms with Crippen LogP contribution in [0, 0.1) is 0 Å². The summed E-state index contributed by atoms with van der Waals surface area (Å²) in [6.45, 7) is 6.85. The zero-order valence-electron chi connectivity index (χ0n) is 20.3. The van der Waals surface area contributed by atoms with E-state index >= 15 is 0 Å². The number of benzene rings is 2. The predicted molar refractivity (Wildman–Crippen MR) is 135 cm³/mol. The molecule has 1 N–H and O–H groups in total. The van der Waals surface area contributed by atoms with Crippen LogP contribution in [0.1, 0.15) is 27.0 Å². The molecule has 0 aliphatic heterocycles. The van der Waals surface area contributed by atoms with Crippen LogP contribution in [0.25, 0.3) is 10.9 Å². The van der Waals surface area contributed by atoms with Crippen LogP contribution in [0.2, 0.25) is 5.02 Å². The number of urea groups is 1. The van der Waals surface area contributed by atoms with E-state index in [1.165, 1.54) is 6.33 Å². The van der Waals surface area contributed by atoms with Gasteiger partial charge in [0.15, 0.2) is 17.7 Å². The predicted octanol–water partition coefficient (Wildman–Crippen LogP) is 5.15. The van der Waals surface area contributed by atoms with Gasteiger partial charge in [0.05, 0.1) is 34.9 Å². The number of halogens is 1. The van der Waals surface area contributed by atoms with E-state index in [-0.39, 0.29) is 6.03 Å². The van der Waals surface area contributed by atoms with Crippen LogP contribution >= 0.6 is 11.6 Å². The first kappa shape index (κ1) is 25.0. The van der Waals surface area contributed by atoms with Crippen molar-refractivity contribution in [3.8, 4) is 23.1 Å². The molecule has 0 aliphatic rings. The summed E-state index contributed by atoms with van der Waals surface area (Å²) in [6, 6.07) is 8.26. The van der Waals surface area contributed by atoms with Gasteiger partial charge in [0, 0.05) is 31.4 Å². The molecular formula is C24H26ClN7O4. The Labute approximate surface area is 212 Å².